The maximum absolute atomic E-state index is 10.4. The molecule has 0 saturated heterocycles. The SMILES string of the molecule is CN=CCCCCNC(C)=O. The van der Waals surface area contributed by atoms with Crippen molar-refractivity contribution in [1.82, 2.24) is 5.32 Å². The zero-order chi connectivity index (χ0) is 8.53. The van der Waals surface area contributed by atoms with Gasteiger partial charge in [-0.25, -0.2) is 0 Å². The first kappa shape index (κ1) is 10.1. The van der Waals surface area contributed by atoms with Crippen LogP contribution in [-0.2, 0) is 4.79 Å². The van der Waals surface area contributed by atoms with Gasteiger partial charge in [-0.15, -0.1) is 0 Å². The molecule has 11 heavy (non-hydrogen) atoms. The highest BCUT2D eigenvalue weighted by Crippen LogP contribution is 1.90. The van der Waals surface area contributed by atoms with Crippen molar-refractivity contribution in [2.75, 3.05) is 13.6 Å². The fourth-order valence-electron chi connectivity index (χ4n) is 0.754. The first-order chi connectivity index (χ1) is 5.27. The summed E-state index contributed by atoms with van der Waals surface area (Å²) < 4.78 is 0. The highest BCUT2D eigenvalue weighted by atomic mass is 16.1. The number of nitrogens with zero attached hydrogens (tertiary/aromatic N) is 1. The van der Waals surface area contributed by atoms with Crippen LogP contribution in [0.2, 0.25) is 0 Å². The molecule has 3 heteroatoms. The lowest BCUT2D eigenvalue weighted by Crippen LogP contribution is -2.20. The summed E-state index contributed by atoms with van der Waals surface area (Å²) in [5.74, 6) is 0.0501. The van der Waals surface area contributed by atoms with Crippen LogP contribution in [0, 0.1) is 0 Å². The third-order valence-electron chi connectivity index (χ3n) is 1.32. The van der Waals surface area contributed by atoms with E-state index < -0.39 is 0 Å². The Morgan fingerprint density at radius 2 is 2.27 bits per heavy atom. The Kier molecular flexibility index (Phi) is 6.68. The molecule has 0 aliphatic heterocycles. The van der Waals surface area contributed by atoms with Gasteiger partial charge in [0, 0.05) is 20.5 Å². The second-order valence-electron chi connectivity index (χ2n) is 2.42. The minimum absolute atomic E-state index is 0.0501. The van der Waals surface area contributed by atoms with Gasteiger partial charge < -0.3 is 10.3 Å². The predicted octanol–water partition coefficient (Wildman–Crippen LogP) is 0.993. The lowest BCUT2D eigenvalue weighted by atomic mass is 10.2. The van der Waals surface area contributed by atoms with Crippen LogP contribution in [0.5, 0.6) is 0 Å². The van der Waals surface area contributed by atoms with E-state index in [1.54, 1.807) is 7.05 Å². The maximum atomic E-state index is 10.4. The highest BCUT2D eigenvalue weighted by molar-refractivity contribution is 5.72. The summed E-state index contributed by atoms with van der Waals surface area (Å²) in [6.07, 6.45) is 5.03. The number of nitrogens with one attached hydrogen (secondary N) is 1. The smallest absolute Gasteiger partial charge is 0.216 e. The number of carbonyl (C=O) groups is 1. The molecule has 0 saturated carbocycles. The van der Waals surface area contributed by atoms with Crippen LogP contribution in [0.25, 0.3) is 0 Å². The fourth-order valence-corrected chi connectivity index (χ4v) is 0.754. The first-order valence-corrected chi connectivity index (χ1v) is 3.92. The van der Waals surface area contributed by atoms with Crippen molar-refractivity contribution >= 4 is 12.1 Å². The number of amides is 1. The van der Waals surface area contributed by atoms with Crippen LogP contribution < -0.4 is 5.32 Å². The highest BCUT2D eigenvalue weighted by Gasteiger charge is 1.89. The van der Waals surface area contributed by atoms with Crippen molar-refractivity contribution in [3.8, 4) is 0 Å². The van der Waals surface area contributed by atoms with Gasteiger partial charge in [0.25, 0.3) is 0 Å². The van der Waals surface area contributed by atoms with E-state index in [0.717, 1.165) is 25.8 Å². The first-order valence-electron chi connectivity index (χ1n) is 3.92. The summed E-state index contributed by atoms with van der Waals surface area (Å²) in [6.45, 7) is 2.32. The Bertz CT molecular complexity index is 132. The second-order valence-corrected chi connectivity index (χ2v) is 2.42. The second kappa shape index (κ2) is 7.25. The monoisotopic (exact) mass is 156 g/mol. The summed E-state index contributed by atoms with van der Waals surface area (Å²) in [5, 5.41) is 2.74. The average Bonchev–Trinajstić information content (AvgIpc) is 1.96. The van der Waals surface area contributed by atoms with Crippen LogP contribution in [0.15, 0.2) is 4.99 Å². The van der Waals surface area contributed by atoms with Crippen molar-refractivity contribution in [3.05, 3.63) is 0 Å². The van der Waals surface area contributed by atoms with Crippen molar-refractivity contribution < 1.29 is 4.79 Å². The van der Waals surface area contributed by atoms with Crippen molar-refractivity contribution in [1.29, 1.82) is 0 Å². The van der Waals surface area contributed by atoms with Gasteiger partial charge in [0.05, 0.1) is 0 Å². The molecule has 3 nitrogen and oxygen atoms in total. The molecule has 1 N–H and O–H groups in total. The van der Waals surface area contributed by atoms with Gasteiger partial charge in [-0.05, 0) is 25.5 Å². The fraction of sp³-hybridized carbons (Fsp3) is 0.750. The molecule has 64 valence electrons. The zero-order valence-corrected chi connectivity index (χ0v) is 7.26. The Balaban J connectivity index is 2.96. The molecule has 0 aliphatic carbocycles. The largest absolute Gasteiger partial charge is 0.356 e. The minimum atomic E-state index is 0.0501. The Morgan fingerprint density at radius 3 is 2.82 bits per heavy atom. The van der Waals surface area contributed by atoms with Gasteiger partial charge in [0.15, 0.2) is 0 Å². The van der Waals surface area contributed by atoms with E-state index in [1.807, 2.05) is 6.21 Å². The van der Waals surface area contributed by atoms with E-state index >= 15 is 0 Å². The lowest BCUT2D eigenvalue weighted by molar-refractivity contribution is -0.118. The lowest BCUT2D eigenvalue weighted by Gasteiger charge is -1.98. The minimum Gasteiger partial charge on any atom is -0.356 e. The van der Waals surface area contributed by atoms with Crippen molar-refractivity contribution in [2.24, 2.45) is 4.99 Å². The third-order valence-corrected chi connectivity index (χ3v) is 1.32. The summed E-state index contributed by atoms with van der Waals surface area (Å²) in [7, 11) is 1.77. The van der Waals surface area contributed by atoms with Gasteiger partial charge in [-0.2, -0.15) is 0 Å². The topological polar surface area (TPSA) is 41.5 Å². The van der Waals surface area contributed by atoms with Gasteiger partial charge in [-0.1, -0.05) is 0 Å². The van der Waals surface area contributed by atoms with E-state index in [9.17, 15) is 4.79 Å². The van der Waals surface area contributed by atoms with Gasteiger partial charge in [0.1, 0.15) is 0 Å². The molecule has 0 bridgehead atoms. The quantitative estimate of drug-likeness (QED) is 0.468. The zero-order valence-electron chi connectivity index (χ0n) is 7.26. The Morgan fingerprint density at radius 1 is 1.55 bits per heavy atom. The number of hydrogen-bond donors (Lipinski definition) is 1. The number of aliphatic imine (C=N–C) groups is 1. The standard InChI is InChI=1S/C8H16N2O/c1-8(11)10-7-5-3-4-6-9-2/h6H,3-5,7H2,1-2H3,(H,10,11). The normalized spacial score (nSPS) is 10.4. The number of rotatable bonds is 5. The van der Waals surface area contributed by atoms with E-state index in [0.29, 0.717) is 0 Å². The van der Waals surface area contributed by atoms with Gasteiger partial charge in [0.2, 0.25) is 5.91 Å². The number of carbonyl (C=O) groups excluding carboxylic acids is 1. The average molecular weight is 156 g/mol. The number of hydrogen-bond acceptors (Lipinski definition) is 2. The molecule has 0 spiro atoms. The molecule has 0 radical (unpaired) electrons. The molecule has 0 aromatic rings. The maximum Gasteiger partial charge on any atom is 0.216 e. The van der Waals surface area contributed by atoms with Crippen molar-refractivity contribution in [3.63, 3.8) is 0 Å². The molecule has 1 amide bonds. The summed E-state index contributed by atoms with van der Waals surface area (Å²) in [4.78, 5) is 14.3. The Hall–Kier alpha value is -0.860. The van der Waals surface area contributed by atoms with Crippen LogP contribution in [0.1, 0.15) is 26.2 Å². The van der Waals surface area contributed by atoms with E-state index in [-0.39, 0.29) is 5.91 Å². The third kappa shape index (κ3) is 9.14. The molecule has 0 atom stereocenters. The van der Waals surface area contributed by atoms with Crippen LogP contribution in [-0.4, -0.2) is 25.7 Å². The van der Waals surface area contributed by atoms with E-state index in [4.69, 9.17) is 0 Å². The number of unbranched alkanes of at least 4 members (excludes halogenated alkanes) is 2. The predicted molar refractivity (Wildman–Crippen MR) is 47.0 cm³/mol. The summed E-state index contributed by atoms with van der Waals surface area (Å²) in [5.41, 5.74) is 0. The van der Waals surface area contributed by atoms with Crippen LogP contribution >= 0.6 is 0 Å². The molecule has 0 fully saturated rings. The molecule has 0 heterocycles. The van der Waals surface area contributed by atoms with Crippen molar-refractivity contribution in [2.45, 2.75) is 26.2 Å². The van der Waals surface area contributed by atoms with Crippen LogP contribution in [0.4, 0.5) is 0 Å². The molecule has 0 aromatic heterocycles. The molecule has 0 aliphatic rings. The summed E-state index contributed by atoms with van der Waals surface area (Å²) >= 11 is 0. The molecular formula is C8H16N2O. The van der Waals surface area contributed by atoms with E-state index in [1.165, 1.54) is 6.92 Å². The van der Waals surface area contributed by atoms with Gasteiger partial charge in [-0.3, -0.25) is 4.79 Å². The molecule has 0 aromatic carbocycles. The molecule has 0 unspecified atom stereocenters. The van der Waals surface area contributed by atoms with Crippen LogP contribution in [0.3, 0.4) is 0 Å². The van der Waals surface area contributed by atoms with E-state index in [2.05, 4.69) is 10.3 Å². The Labute approximate surface area is 67.9 Å². The molecule has 0 rings (SSSR count). The summed E-state index contributed by atoms with van der Waals surface area (Å²) in [6, 6.07) is 0. The van der Waals surface area contributed by atoms with Gasteiger partial charge >= 0.3 is 0 Å². The molecular weight excluding hydrogens is 140 g/mol.